The quantitative estimate of drug-likeness (QED) is 0.893. The van der Waals surface area contributed by atoms with Crippen molar-refractivity contribution in [2.75, 3.05) is 4.72 Å². The van der Waals surface area contributed by atoms with Gasteiger partial charge in [-0.1, -0.05) is 17.7 Å². The van der Waals surface area contributed by atoms with Crippen LogP contribution in [0.25, 0.3) is 0 Å². The van der Waals surface area contributed by atoms with Gasteiger partial charge in [0, 0.05) is 5.69 Å². The molecule has 0 aliphatic heterocycles. The standard InChI is InChI=1S/C15H14ClNO4S/c1-9-5-10(2)7-11(6-9)17-22(20,21)12-3-4-14(16)13(8-12)15(18)19/h3-8,17H,1-2H3,(H,18,19). The van der Waals surface area contributed by atoms with Crippen molar-refractivity contribution in [2.45, 2.75) is 18.7 Å². The second kappa shape index (κ2) is 5.98. The van der Waals surface area contributed by atoms with E-state index >= 15 is 0 Å². The first kappa shape index (κ1) is 16.3. The Morgan fingerprint density at radius 3 is 2.23 bits per heavy atom. The van der Waals surface area contributed by atoms with Gasteiger partial charge in [0.2, 0.25) is 0 Å². The van der Waals surface area contributed by atoms with Gasteiger partial charge in [0.1, 0.15) is 0 Å². The third-order valence-electron chi connectivity index (χ3n) is 2.95. The highest BCUT2D eigenvalue weighted by molar-refractivity contribution is 7.92. The molecule has 2 aromatic carbocycles. The first-order valence-corrected chi connectivity index (χ1v) is 8.19. The third-order valence-corrected chi connectivity index (χ3v) is 4.66. The normalized spacial score (nSPS) is 11.2. The summed E-state index contributed by atoms with van der Waals surface area (Å²) in [6.07, 6.45) is 0. The molecular weight excluding hydrogens is 326 g/mol. The second-order valence-corrected chi connectivity index (χ2v) is 7.02. The van der Waals surface area contributed by atoms with Gasteiger partial charge in [-0.15, -0.1) is 0 Å². The highest BCUT2D eigenvalue weighted by atomic mass is 35.5. The number of hydrogen-bond acceptors (Lipinski definition) is 3. The molecule has 0 fully saturated rings. The largest absolute Gasteiger partial charge is 0.478 e. The topological polar surface area (TPSA) is 83.5 Å². The van der Waals surface area contributed by atoms with Gasteiger partial charge in [0.25, 0.3) is 10.0 Å². The van der Waals surface area contributed by atoms with Crippen molar-refractivity contribution < 1.29 is 18.3 Å². The van der Waals surface area contributed by atoms with Gasteiger partial charge in [-0.3, -0.25) is 4.72 Å². The van der Waals surface area contributed by atoms with Crippen LogP contribution in [-0.2, 0) is 10.0 Å². The summed E-state index contributed by atoms with van der Waals surface area (Å²) in [7, 11) is -3.89. The van der Waals surface area contributed by atoms with Crippen LogP contribution >= 0.6 is 11.6 Å². The molecule has 0 amide bonds. The molecule has 0 saturated heterocycles. The zero-order chi connectivity index (χ0) is 16.5. The van der Waals surface area contributed by atoms with Crippen molar-refractivity contribution >= 4 is 33.3 Å². The molecule has 22 heavy (non-hydrogen) atoms. The number of carbonyl (C=O) groups is 1. The molecule has 0 bridgehead atoms. The van der Waals surface area contributed by atoms with Gasteiger partial charge in [0.15, 0.2) is 0 Å². The summed E-state index contributed by atoms with van der Waals surface area (Å²) in [5.74, 6) is -1.28. The minimum atomic E-state index is -3.89. The number of sulfonamides is 1. The minimum Gasteiger partial charge on any atom is -0.478 e. The van der Waals surface area contributed by atoms with E-state index in [4.69, 9.17) is 16.7 Å². The molecule has 0 radical (unpaired) electrons. The average Bonchev–Trinajstić information content (AvgIpc) is 2.36. The first-order valence-electron chi connectivity index (χ1n) is 6.33. The highest BCUT2D eigenvalue weighted by Crippen LogP contribution is 2.23. The van der Waals surface area contributed by atoms with E-state index in [1.807, 2.05) is 19.9 Å². The molecule has 2 rings (SSSR count). The summed E-state index contributed by atoms with van der Waals surface area (Å²) >= 11 is 5.75. The molecule has 0 aliphatic rings. The number of halogens is 1. The van der Waals surface area contributed by atoms with Crippen LogP contribution in [0, 0.1) is 13.8 Å². The lowest BCUT2D eigenvalue weighted by Gasteiger charge is -2.11. The van der Waals surface area contributed by atoms with E-state index in [9.17, 15) is 13.2 Å². The molecule has 0 aliphatic carbocycles. The zero-order valence-electron chi connectivity index (χ0n) is 11.9. The maximum atomic E-state index is 12.4. The Kier molecular flexibility index (Phi) is 4.44. The number of carboxylic acids is 1. The Balaban J connectivity index is 2.42. The van der Waals surface area contributed by atoms with Crippen LogP contribution in [0.1, 0.15) is 21.5 Å². The summed E-state index contributed by atoms with van der Waals surface area (Å²) in [5.41, 5.74) is 1.99. The average molecular weight is 340 g/mol. The minimum absolute atomic E-state index is 0.0159. The predicted octanol–water partition coefficient (Wildman–Crippen LogP) is 3.46. The fourth-order valence-corrected chi connectivity index (χ4v) is 3.35. The lowest BCUT2D eigenvalue weighted by molar-refractivity contribution is 0.0697. The number of benzene rings is 2. The molecule has 0 heterocycles. The van der Waals surface area contributed by atoms with Gasteiger partial charge in [0.05, 0.1) is 15.5 Å². The molecular formula is C15H14ClNO4S. The first-order chi connectivity index (χ1) is 10.2. The second-order valence-electron chi connectivity index (χ2n) is 4.93. The zero-order valence-corrected chi connectivity index (χ0v) is 13.5. The van der Waals surface area contributed by atoms with Crippen molar-refractivity contribution in [1.82, 2.24) is 0 Å². The molecule has 0 unspecified atom stereocenters. The number of rotatable bonds is 4. The number of hydrogen-bond donors (Lipinski definition) is 2. The van der Waals surface area contributed by atoms with Gasteiger partial charge in [-0.2, -0.15) is 0 Å². The molecule has 116 valence electrons. The van der Waals surface area contributed by atoms with E-state index in [1.54, 1.807) is 12.1 Å². The Hall–Kier alpha value is -2.05. The molecule has 7 heteroatoms. The monoisotopic (exact) mass is 339 g/mol. The molecule has 0 spiro atoms. The Labute approximate surface area is 133 Å². The molecule has 5 nitrogen and oxygen atoms in total. The summed E-state index contributed by atoms with van der Waals surface area (Å²) in [6.45, 7) is 3.71. The number of nitrogens with one attached hydrogen (secondary N) is 1. The van der Waals surface area contributed by atoms with Gasteiger partial charge in [-0.05, 0) is 55.3 Å². The number of aryl methyl sites for hydroxylation is 2. The van der Waals surface area contributed by atoms with E-state index in [-0.39, 0.29) is 15.5 Å². The summed E-state index contributed by atoms with van der Waals surface area (Å²) in [4.78, 5) is 10.9. The van der Waals surface area contributed by atoms with E-state index in [0.29, 0.717) is 5.69 Å². The fraction of sp³-hybridized carbons (Fsp3) is 0.133. The third kappa shape index (κ3) is 3.58. The van der Waals surface area contributed by atoms with Crippen LogP contribution in [0.4, 0.5) is 5.69 Å². The van der Waals surface area contributed by atoms with Crippen molar-refractivity contribution in [3.63, 3.8) is 0 Å². The van der Waals surface area contributed by atoms with Crippen molar-refractivity contribution in [3.05, 3.63) is 58.1 Å². The SMILES string of the molecule is Cc1cc(C)cc(NS(=O)(=O)c2ccc(Cl)c(C(=O)O)c2)c1. The van der Waals surface area contributed by atoms with E-state index in [2.05, 4.69) is 4.72 Å². The Bertz CT molecular complexity index is 826. The van der Waals surface area contributed by atoms with E-state index in [1.165, 1.54) is 12.1 Å². The van der Waals surface area contributed by atoms with Crippen LogP contribution in [0.15, 0.2) is 41.3 Å². The van der Waals surface area contributed by atoms with Gasteiger partial charge >= 0.3 is 5.97 Å². The van der Waals surface area contributed by atoms with Gasteiger partial charge < -0.3 is 5.11 Å². The van der Waals surface area contributed by atoms with Crippen molar-refractivity contribution in [2.24, 2.45) is 0 Å². The van der Waals surface area contributed by atoms with E-state index in [0.717, 1.165) is 17.2 Å². The molecule has 2 aromatic rings. The maximum Gasteiger partial charge on any atom is 0.337 e. The van der Waals surface area contributed by atoms with E-state index < -0.39 is 16.0 Å². The van der Waals surface area contributed by atoms with Crippen LogP contribution in [-0.4, -0.2) is 19.5 Å². The number of carboxylic acid groups (broad SMARTS) is 1. The predicted molar refractivity (Wildman–Crippen MR) is 85.1 cm³/mol. The molecule has 0 atom stereocenters. The summed E-state index contributed by atoms with van der Waals surface area (Å²) < 4.78 is 27.2. The van der Waals surface area contributed by atoms with Gasteiger partial charge in [-0.25, -0.2) is 13.2 Å². The number of anilines is 1. The smallest absolute Gasteiger partial charge is 0.337 e. The lowest BCUT2D eigenvalue weighted by Crippen LogP contribution is -2.14. The van der Waals surface area contributed by atoms with Crippen molar-refractivity contribution in [3.8, 4) is 0 Å². The summed E-state index contributed by atoms with van der Waals surface area (Å²) in [5, 5.41) is 9.00. The highest BCUT2D eigenvalue weighted by Gasteiger charge is 2.18. The van der Waals surface area contributed by atoms with Crippen LogP contribution in [0.3, 0.4) is 0 Å². The Morgan fingerprint density at radius 1 is 1.09 bits per heavy atom. The lowest BCUT2D eigenvalue weighted by atomic mass is 10.1. The van der Waals surface area contributed by atoms with Crippen LogP contribution < -0.4 is 4.72 Å². The Morgan fingerprint density at radius 2 is 1.68 bits per heavy atom. The van der Waals surface area contributed by atoms with Crippen LogP contribution in [0.2, 0.25) is 5.02 Å². The fourth-order valence-electron chi connectivity index (χ4n) is 2.08. The van der Waals surface area contributed by atoms with Crippen LogP contribution in [0.5, 0.6) is 0 Å². The molecule has 0 saturated carbocycles. The maximum absolute atomic E-state index is 12.4. The molecule has 0 aromatic heterocycles. The van der Waals surface area contributed by atoms with Crippen molar-refractivity contribution in [1.29, 1.82) is 0 Å². The number of aromatic carboxylic acids is 1. The molecule has 2 N–H and O–H groups in total. The summed E-state index contributed by atoms with van der Waals surface area (Å²) in [6, 6.07) is 8.86.